The molecule has 0 aromatic rings. The van der Waals surface area contributed by atoms with Crippen molar-refractivity contribution >= 4 is 18.4 Å². The summed E-state index contributed by atoms with van der Waals surface area (Å²) >= 11 is 3.78. The molecule has 3 heteroatoms. The van der Waals surface area contributed by atoms with Crippen LogP contribution in [0.15, 0.2) is 11.6 Å². The molecular formula is C7H10O2S. The Morgan fingerprint density at radius 2 is 2.50 bits per heavy atom. The normalized spacial score (nSPS) is 21.0. The van der Waals surface area contributed by atoms with Crippen LogP contribution in [0.3, 0.4) is 0 Å². The molecule has 10 heavy (non-hydrogen) atoms. The summed E-state index contributed by atoms with van der Waals surface area (Å²) in [5.74, 6) is 0.160. The van der Waals surface area contributed by atoms with Crippen molar-refractivity contribution in [1.29, 1.82) is 0 Å². The summed E-state index contributed by atoms with van der Waals surface area (Å²) < 4.78 is 0. The maximum absolute atomic E-state index is 10.9. The fourth-order valence-electron chi connectivity index (χ4n) is 1.05. The lowest BCUT2D eigenvalue weighted by Crippen LogP contribution is -2.03. The van der Waals surface area contributed by atoms with Gasteiger partial charge in [-0.05, 0) is 12.0 Å². The summed E-state index contributed by atoms with van der Waals surface area (Å²) in [4.78, 5) is 10.9. The summed E-state index contributed by atoms with van der Waals surface area (Å²) in [6.45, 7) is 0. The van der Waals surface area contributed by atoms with Gasteiger partial charge in [-0.2, -0.15) is 0 Å². The minimum atomic E-state index is -0.687. The van der Waals surface area contributed by atoms with Crippen molar-refractivity contribution in [2.75, 3.05) is 0 Å². The highest BCUT2D eigenvalue weighted by atomic mass is 32.1. The highest BCUT2D eigenvalue weighted by Gasteiger charge is 2.15. The number of carbonyl (C=O) groups excluding carboxylic acids is 1. The summed E-state index contributed by atoms with van der Waals surface area (Å²) in [6, 6.07) is 0. The summed E-state index contributed by atoms with van der Waals surface area (Å²) in [5, 5.41) is 8.80. The molecule has 0 saturated carbocycles. The highest BCUT2D eigenvalue weighted by molar-refractivity contribution is 7.80. The maximum atomic E-state index is 10.9. The number of hydrogen-bond acceptors (Lipinski definition) is 3. The summed E-state index contributed by atoms with van der Waals surface area (Å²) in [5.41, 5.74) is 0.0517. The average Bonchev–Trinajstić information content (AvgIpc) is 2.15. The molecule has 0 spiro atoms. The molecule has 56 valence electrons. The molecule has 0 aliphatic heterocycles. The van der Waals surface area contributed by atoms with E-state index in [0.717, 1.165) is 12.0 Å². The van der Waals surface area contributed by atoms with Crippen LogP contribution in [0.4, 0.5) is 0 Å². The van der Waals surface area contributed by atoms with Gasteiger partial charge in [0.25, 0.3) is 0 Å². The maximum Gasteiger partial charge on any atom is 0.158 e. The van der Waals surface area contributed by atoms with Crippen LogP contribution in [0.1, 0.15) is 19.3 Å². The first-order valence-corrected chi connectivity index (χ1v) is 3.80. The van der Waals surface area contributed by atoms with E-state index in [-0.39, 0.29) is 5.78 Å². The Hall–Kier alpha value is -0.280. The van der Waals surface area contributed by atoms with E-state index in [4.69, 9.17) is 5.11 Å². The van der Waals surface area contributed by atoms with E-state index in [9.17, 15) is 4.79 Å². The predicted molar refractivity (Wildman–Crippen MR) is 41.9 cm³/mol. The van der Waals surface area contributed by atoms with Gasteiger partial charge in [0.05, 0.1) is 0 Å². The molecule has 0 aromatic heterocycles. The molecule has 1 N–H and O–H groups in total. The van der Waals surface area contributed by atoms with E-state index >= 15 is 0 Å². The zero-order valence-electron chi connectivity index (χ0n) is 5.58. The molecule has 1 atom stereocenters. The predicted octanol–water partition coefficient (Wildman–Crippen LogP) is 0.914. The lowest BCUT2D eigenvalue weighted by molar-refractivity contribution is -0.115. The number of thiol groups is 1. The van der Waals surface area contributed by atoms with E-state index in [0.29, 0.717) is 12.8 Å². The van der Waals surface area contributed by atoms with Gasteiger partial charge in [-0.1, -0.05) is 6.08 Å². The molecule has 0 aromatic carbocycles. The molecule has 0 radical (unpaired) electrons. The Morgan fingerprint density at radius 3 is 2.90 bits per heavy atom. The van der Waals surface area contributed by atoms with Crippen LogP contribution in [0.2, 0.25) is 0 Å². The minimum Gasteiger partial charge on any atom is -0.382 e. The molecule has 1 unspecified atom stereocenters. The molecule has 0 saturated heterocycles. The largest absolute Gasteiger partial charge is 0.382 e. The van der Waals surface area contributed by atoms with Gasteiger partial charge in [-0.25, -0.2) is 0 Å². The molecule has 1 aliphatic rings. The van der Waals surface area contributed by atoms with Crippen molar-refractivity contribution in [3.05, 3.63) is 11.6 Å². The first-order chi connectivity index (χ1) is 4.70. The van der Waals surface area contributed by atoms with Gasteiger partial charge >= 0.3 is 0 Å². The zero-order valence-corrected chi connectivity index (χ0v) is 6.47. The van der Waals surface area contributed by atoms with Gasteiger partial charge in [0.15, 0.2) is 5.78 Å². The Balaban J connectivity index is 2.48. The molecule has 0 bridgehead atoms. The molecule has 1 aliphatic carbocycles. The van der Waals surface area contributed by atoms with Crippen LogP contribution in [-0.2, 0) is 4.79 Å². The van der Waals surface area contributed by atoms with Gasteiger partial charge < -0.3 is 5.11 Å². The van der Waals surface area contributed by atoms with Gasteiger partial charge in [0.1, 0.15) is 5.44 Å². The molecular weight excluding hydrogens is 148 g/mol. The Kier molecular flexibility index (Phi) is 2.51. The monoisotopic (exact) mass is 158 g/mol. The van der Waals surface area contributed by atoms with Crippen LogP contribution in [0, 0.1) is 0 Å². The van der Waals surface area contributed by atoms with E-state index in [1.807, 2.05) is 6.08 Å². The third kappa shape index (κ3) is 1.85. The third-order valence-electron chi connectivity index (χ3n) is 1.52. The number of carbonyl (C=O) groups is 1. The average molecular weight is 158 g/mol. The SMILES string of the molecule is O=C1CCC=C1CC(O)S. The minimum absolute atomic E-state index is 0.160. The number of Topliss-reactive ketones (excluding diaryl/α,β-unsaturated/α-hetero) is 1. The molecule has 0 fully saturated rings. The van der Waals surface area contributed by atoms with Crippen LogP contribution >= 0.6 is 12.6 Å². The second-order valence-corrected chi connectivity index (χ2v) is 2.97. The van der Waals surface area contributed by atoms with Crippen LogP contribution in [0.25, 0.3) is 0 Å². The van der Waals surface area contributed by atoms with Crippen molar-refractivity contribution in [3.63, 3.8) is 0 Å². The van der Waals surface area contributed by atoms with Gasteiger partial charge in [0, 0.05) is 12.8 Å². The number of aliphatic hydroxyl groups is 1. The Labute approximate surface area is 65.3 Å². The van der Waals surface area contributed by atoms with Crippen LogP contribution in [-0.4, -0.2) is 16.3 Å². The molecule has 0 amide bonds. The van der Waals surface area contributed by atoms with Crippen molar-refractivity contribution in [2.24, 2.45) is 0 Å². The zero-order chi connectivity index (χ0) is 7.56. The number of rotatable bonds is 2. The van der Waals surface area contributed by atoms with Crippen LogP contribution in [0.5, 0.6) is 0 Å². The lowest BCUT2D eigenvalue weighted by Gasteiger charge is -2.01. The van der Waals surface area contributed by atoms with E-state index in [1.54, 1.807) is 0 Å². The third-order valence-corrected chi connectivity index (χ3v) is 1.71. The topological polar surface area (TPSA) is 37.3 Å². The molecule has 2 nitrogen and oxygen atoms in total. The second kappa shape index (κ2) is 3.21. The molecule has 0 heterocycles. The Morgan fingerprint density at radius 1 is 1.80 bits per heavy atom. The number of hydrogen-bond donors (Lipinski definition) is 2. The van der Waals surface area contributed by atoms with Crippen molar-refractivity contribution in [1.82, 2.24) is 0 Å². The van der Waals surface area contributed by atoms with Gasteiger partial charge in [-0.3, -0.25) is 4.79 Å². The van der Waals surface area contributed by atoms with Crippen molar-refractivity contribution in [2.45, 2.75) is 24.7 Å². The van der Waals surface area contributed by atoms with Gasteiger partial charge in [-0.15, -0.1) is 12.6 Å². The Bertz CT molecular complexity index is 172. The quantitative estimate of drug-likeness (QED) is 0.463. The van der Waals surface area contributed by atoms with E-state index < -0.39 is 5.44 Å². The fourth-order valence-corrected chi connectivity index (χ4v) is 1.24. The van der Waals surface area contributed by atoms with Crippen molar-refractivity contribution < 1.29 is 9.90 Å². The second-order valence-electron chi connectivity index (χ2n) is 2.38. The van der Waals surface area contributed by atoms with E-state index in [2.05, 4.69) is 12.6 Å². The summed E-state index contributed by atoms with van der Waals surface area (Å²) in [7, 11) is 0. The first kappa shape index (κ1) is 7.82. The first-order valence-electron chi connectivity index (χ1n) is 3.28. The number of allylic oxidation sites excluding steroid dienone is 1. The fraction of sp³-hybridized carbons (Fsp3) is 0.571. The smallest absolute Gasteiger partial charge is 0.158 e. The summed E-state index contributed by atoms with van der Waals surface area (Å²) in [6.07, 6.45) is 3.70. The molecule has 1 rings (SSSR count). The van der Waals surface area contributed by atoms with Gasteiger partial charge in [0.2, 0.25) is 0 Å². The van der Waals surface area contributed by atoms with E-state index in [1.165, 1.54) is 0 Å². The number of ketones is 1. The van der Waals surface area contributed by atoms with Crippen LogP contribution < -0.4 is 0 Å². The number of aliphatic hydroxyl groups excluding tert-OH is 1. The standard InChI is InChI=1S/C7H10O2S/c8-6-3-1-2-5(6)4-7(9)10/h2,7,9-10H,1,3-4H2. The lowest BCUT2D eigenvalue weighted by atomic mass is 10.1. The van der Waals surface area contributed by atoms with Crippen molar-refractivity contribution in [3.8, 4) is 0 Å². The highest BCUT2D eigenvalue weighted by Crippen LogP contribution is 2.19.